The maximum Gasteiger partial charge on any atom is 0.416 e. The maximum atomic E-state index is 12.6. The molecule has 0 unspecified atom stereocenters. The van der Waals surface area contributed by atoms with Crippen LogP contribution in [-0.2, 0) is 22.0 Å². The van der Waals surface area contributed by atoms with Crippen molar-refractivity contribution in [1.82, 2.24) is 14.8 Å². The molecular formula is C22H17F3N4O3S. The number of hydrogen-bond acceptors (Lipinski definition) is 5. The summed E-state index contributed by atoms with van der Waals surface area (Å²) >= 11 is 0. The summed E-state index contributed by atoms with van der Waals surface area (Å²) < 4.78 is 72.5. The van der Waals surface area contributed by atoms with Crippen LogP contribution < -0.4 is 9.46 Å². The number of anilines is 1. The summed E-state index contributed by atoms with van der Waals surface area (Å²) in [5.74, 6) is 0.850. The van der Waals surface area contributed by atoms with Gasteiger partial charge in [0, 0.05) is 24.1 Å². The third-order valence-corrected chi connectivity index (χ3v) is 5.74. The molecule has 0 bridgehead atoms. The van der Waals surface area contributed by atoms with E-state index in [4.69, 9.17) is 4.74 Å². The molecule has 4 rings (SSSR count). The fraction of sp³-hybridized carbons (Fsp3) is 0.0909. The van der Waals surface area contributed by atoms with E-state index in [0.29, 0.717) is 11.6 Å². The molecule has 0 spiro atoms. The van der Waals surface area contributed by atoms with E-state index < -0.39 is 27.5 Å². The Labute approximate surface area is 187 Å². The molecule has 0 saturated heterocycles. The van der Waals surface area contributed by atoms with Crippen molar-refractivity contribution < 1.29 is 26.3 Å². The molecule has 33 heavy (non-hydrogen) atoms. The topological polar surface area (TPSA) is 86.1 Å². The van der Waals surface area contributed by atoms with Gasteiger partial charge in [-0.2, -0.15) is 13.2 Å². The van der Waals surface area contributed by atoms with Crippen LogP contribution in [0.25, 0.3) is 5.82 Å². The van der Waals surface area contributed by atoms with E-state index in [0.717, 1.165) is 24.3 Å². The molecule has 11 heteroatoms. The maximum absolute atomic E-state index is 12.6. The van der Waals surface area contributed by atoms with Crippen LogP contribution in [0.5, 0.6) is 11.6 Å². The van der Waals surface area contributed by atoms with Gasteiger partial charge in [-0.25, -0.2) is 8.42 Å². The van der Waals surface area contributed by atoms with E-state index in [1.54, 1.807) is 28.8 Å². The predicted molar refractivity (Wildman–Crippen MR) is 116 cm³/mol. The lowest BCUT2D eigenvalue weighted by molar-refractivity contribution is -0.137. The Bertz CT molecular complexity index is 1310. The monoisotopic (exact) mass is 474 g/mol. The number of aromatic nitrogens is 3. The Balaban J connectivity index is 1.36. The van der Waals surface area contributed by atoms with Gasteiger partial charge >= 0.3 is 6.18 Å². The first-order valence-corrected chi connectivity index (χ1v) is 11.2. The molecule has 0 aliphatic heterocycles. The molecule has 2 aromatic carbocycles. The summed E-state index contributed by atoms with van der Waals surface area (Å²) in [7, 11) is -3.83. The van der Waals surface area contributed by atoms with Crippen molar-refractivity contribution in [3.8, 4) is 17.4 Å². The fourth-order valence-electron chi connectivity index (χ4n) is 2.93. The lowest BCUT2D eigenvalue weighted by Gasteiger charge is -2.11. The van der Waals surface area contributed by atoms with E-state index in [9.17, 15) is 21.6 Å². The van der Waals surface area contributed by atoms with Crippen LogP contribution in [0, 0.1) is 0 Å². The highest BCUT2D eigenvalue weighted by atomic mass is 32.2. The summed E-state index contributed by atoms with van der Waals surface area (Å²) in [6, 6.07) is 17.2. The minimum atomic E-state index is -4.48. The van der Waals surface area contributed by atoms with Crippen LogP contribution in [0.4, 0.5) is 18.9 Å². The Morgan fingerprint density at radius 1 is 0.879 bits per heavy atom. The van der Waals surface area contributed by atoms with Gasteiger partial charge in [-0.3, -0.25) is 4.72 Å². The first kappa shape index (κ1) is 22.3. The van der Waals surface area contributed by atoms with Gasteiger partial charge in [0.25, 0.3) is 0 Å². The van der Waals surface area contributed by atoms with Gasteiger partial charge in [-0.15, -0.1) is 10.2 Å². The van der Waals surface area contributed by atoms with Gasteiger partial charge < -0.3 is 9.30 Å². The third-order valence-electron chi connectivity index (χ3n) is 4.48. The van der Waals surface area contributed by atoms with Crippen LogP contribution in [0.1, 0.15) is 11.1 Å². The van der Waals surface area contributed by atoms with Gasteiger partial charge in [0.15, 0.2) is 5.82 Å². The van der Waals surface area contributed by atoms with Gasteiger partial charge in [-0.05, 0) is 60.2 Å². The molecule has 4 aromatic rings. The van der Waals surface area contributed by atoms with Crippen molar-refractivity contribution in [3.05, 3.63) is 96.3 Å². The van der Waals surface area contributed by atoms with Crippen LogP contribution in [0.3, 0.4) is 0 Å². The summed E-state index contributed by atoms with van der Waals surface area (Å²) in [6.07, 6.45) is -0.806. The number of ether oxygens (including phenoxy) is 1. The molecule has 2 heterocycles. The molecule has 2 aromatic heterocycles. The second kappa shape index (κ2) is 8.94. The molecule has 0 fully saturated rings. The number of rotatable bonds is 7. The third kappa shape index (κ3) is 5.89. The molecule has 0 aliphatic rings. The second-order valence-electron chi connectivity index (χ2n) is 7.00. The van der Waals surface area contributed by atoms with Gasteiger partial charge in [0.05, 0.1) is 11.3 Å². The minimum Gasteiger partial charge on any atom is -0.438 e. The zero-order chi connectivity index (χ0) is 23.5. The average molecular weight is 474 g/mol. The molecule has 7 nitrogen and oxygen atoms in total. The van der Waals surface area contributed by atoms with Crippen molar-refractivity contribution in [1.29, 1.82) is 0 Å². The van der Waals surface area contributed by atoms with E-state index >= 15 is 0 Å². The molecule has 0 aliphatic carbocycles. The number of alkyl halides is 3. The summed E-state index contributed by atoms with van der Waals surface area (Å²) in [4.78, 5) is 0. The van der Waals surface area contributed by atoms with Crippen molar-refractivity contribution >= 4 is 15.7 Å². The number of halogens is 3. The smallest absolute Gasteiger partial charge is 0.416 e. The summed E-state index contributed by atoms with van der Waals surface area (Å²) in [5.41, 5.74) is -0.322. The van der Waals surface area contributed by atoms with Crippen LogP contribution in [0.2, 0.25) is 0 Å². The molecular weight excluding hydrogens is 457 g/mol. The van der Waals surface area contributed by atoms with Crippen molar-refractivity contribution in [2.24, 2.45) is 0 Å². The van der Waals surface area contributed by atoms with Crippen LogP contribution in [-0.4, -0.2) is 23.2 Å². The lowest BCUT2D eigenvalue weighted by atomic mass is 10.1. The number of sulfonamides is 1. The van der Waals surface area contributed by atoms with Crippen LogP contribution in [0.15, 0.2) is 85.2 Å². The van der Waals surface area contributed by atoms with Crippen molar-refractivity contribution in [2.75, 3.05) is 4.72 Å². The standard InChI is InChI=1S/C22H17F3N4O3S/c23-22(24,25)17-5-3-16(4-6-17)15-33(30,31)28-18-7-9-19(10-8-18)32-21-12-11-20(26-27-21)29-13-1-2-14-29/h1-14,28H,15H2. The largest absolute Gasteiger partial charge is 0.438 e. The highest BCUT2D eigenvalue weighted by Crippen LogP contribution is 2.29. The second-order valence-corrected chi connectivity index (χ2v) is 8.72. The Morgan fingerprint density at radius 3 is 2.12 bits per heavy atom. The Kier molecular flexibility index (Phi) is 6.05. The molecule has 1 N–H and O–H groups in total. The van der Waals surface area contributed by atoms with Gasteiger partial charge in [-0.1, -0.05) is 12.1 Å². The quantitative estimate of drug-likeness (QED) is 0.407. The normalized spacial score (nSPS) is 11.8. The molecule has 170 valence electrons. The Hall–Kier alpha value is -3.86. The zero-order valence-corrected chi connectivity index (χ0v) is 17.7. The number of nitrogens with zero attached hydrogens (tertiary/aromatic N) is 3. The lowest BCUT2D eigenvalue weighted by Crippen LogP contribution is -2.15. The minimum absolute atomic E-state index is 0.234. The zero-order valence-electron chi connectivity index (χ0n) is 16.9. The van der Waals surface area contributed by atoms with E-state index in [1.807, 2.05) is 24.5 Å². The van der Waals surface area contributed by atoms with Crippen molar-refractivity contribution in [3.63, 3.8) is 0 Å². The van der Waals surface area contributed by atoms with Crippen LogP contribution >= 0.6 is 0 Å². The summed E-state index contributed by atoms with van der Waals surface area (Å²) in [6.45, 7) is 0. The highest BCUT2D eigenvalue weighted by Gasteiger charge is 2.30. The molecule has 0 amide bonds. The average Bonchev–Trinajstić information content (AvgIpc) is 3.30. The summed E-state index contributed by atoms with van der Waals surface area (Å²) in [5, 5.41) is 8.08. The number of benzene rings is 2. The fourth-order valence-corrected chi connectivity index (χ4v) is 4.13. The van der Waals surface area contributed by atoms with E-state index in [-0.39, 0.29) is 17.1 Å². The highest BCUT2D eigenvalue weighted by molar-refractivity contribution is 7.91. The first-order valence-electron chi connectivity index (χ1n) is 9.60. The van der Waals surface area contributed by atoms with E-state index in [2.05, 4.69) is 14.9 Å². The molecule has 0 saturated carbocycles. The predicted octanol–water partition coefficient (Wildman–Crippen LogP) is 5.02. The number of nitrogens with one attached hydrogen (secondary N) is 1. The Morgan fingerprint density at radius 2 is 1.55 bits per heavy atom. The number of hydrogen-bond donors (Lipinski definition) is 1. The first-order chi connectivity index (χ1) is 15.7. The van der Waals surface area contributed by atoms with Crippen molar-refractivity contribution in [2.45, 2.75) is 11.9 Å². The van der Waals surface area contributed by atoms with E-state index in [1.165, 1.54) is 12.1 Å². The van der Waals surface area contributed by atoms with Gasteiger partial charge in [0.2, 0.25) is 15.9 Å². The molecule has 0 radical (unpaired) electrons. The van der Waals surface area contributed by atoms with Gasteiger partial charge in [0.1, 0.15) is 5.75 Å². The molecule has 0 atom stereocenters. The SMILES string of the molecule is O=S(=O)(Cc1ccc(C(F)(F)F)cc1)Nc1ccc(Oc2ccc(-n3cccc3)nn2)cc1.